The van der Waals surface area contributed by atoms with Crippen molar-refractivity contribution in [3.8, 4) is 21.8 Å². The first-order valence-corrected chi connectivity index (χ1v) is 9.87. The number of amides is 1. The van der Waals surface area contributed by atoms with Gasteiger partial charge in [-0.2, -0.15) is 5.10 Å². The van der Waals surface area contributed by atoms with E-state index < -0.39 is 0 Å². The number of allylic oxidation sites excluding steroid dienone is 3. The van der Waals surface area contributed by atoms with Crippen LogP contribution in [0.15, 0.2) is 71.4 Å². The highest BCUT2D eigenvalue weighted by atomic mass is 35.5. The van der Waals surface area contributed by atoms with Crippen molar-refractivity contribution >= 4 is 28.8 Å². The number of hydrogen-bond acceptors (Lipinski definition) is 3. The first kappa shape index (κ1) is 17.8. The molecule has 1 amide bonds. The van der Waals surface area contributed by atoms with E-state index in [2.05, 4.69) is 10.4 Å². The standard InChI is InChI=1S/C21H18ClN3OS/c1-25-18(13-17(24-25)14-7-3-2-4-8-14)19-11-12-20(27-19)21(26)23-16-10-6-5-9-15(16)22/h2-4,6-8,10-13H,5,9H2,1H3,(H,23,26). The molecule has 0 atom stereocenters. The molecule has 1 aliphatic carbocycles. The molecule has 0 fully saturated rings. The van der Waals surface area contributed by atoms with Crippen molar-refractivity contribution in [3.05, 3.63) is 76.3 Å². The summed E-state index contributed by atoms with van der Waals surface area (Å²) >= 11 is 7.65. The molecule has 0 unspecified atom stereocenters. The van der Waals surface area contributed by atoms with E-state index >= 15 is 0 Å². The lowest BCUT2D eigenvalue weighted by molar-refractivity contribution is 0.0971. The summed E-state index contributed by atoms with van der Waals surface area (Å²) in [6, 6.07) is 15.9. The van der Waals surface area contributed by atoms with E-state index in [4.69, 9.17) is 11.6 Å². The monoisotopic (exact) mass is 395 g/mol. The van der Waals surface area contributed by atoms with Gasteiger partial charge >= 0.3 is 0 Å². The highest BCUT2D eigenvalue weighted by molar-refractivity contribution is 7.17. The smallest absolute Gasteiger partial charge is 0.265 e. The number of halogens is 1. The number of nitrogens with one attached hydrogen (secondary N) is 1. The van der Waals surface area contributed by atoms with Crippen LogP contribution in [0.5, 0.6) is 0 Å². The Morgan fingerprint density at radius 1 is 1.22 bits per heavy atom. The van der Waals surface area contributed by atoms with E-state index in [0.29, 0.717) is 15.6 Å². The lowest BCUT2D eigenvalue weighted by Gasteiger charge is -2.11. The molecule has 1 aliphatic rings. The lowest BCUT2D eigenvalue weighted by Crippen LogP contribution is -2.22. The number of benzene rings is 1. The first-order valence-electron chi connectivity index (χ1n) is 8.68. The SMILES string of the molecule is Cn1nc(-c2ccccc2)cc1-c1ccc(C(=O)NC2=C(Cl)CCC=C2)s1. The molecule has 4 nitrogen and oxygen atoms in total. The zero-order valence-electron chi connectivity index (χ0n) is 14.8. The van der Waals surface area contributed by atoms with Gasteiger partial charge < -0.3 is 5.32 Å². The molecular weight excluding hydrogens is 378 g/mol. The number of aryl methyl sites for hydroxylation is 1. The molecule has 136 valence electrons. The summed E-state index contributed by atoms with van der Waals surface area (Å²) in [4.78, 5) is 14.2. The Morgan fingerprint density at radius 3 is 2.81 bits per heavy atom. The molecule has 3 aromatic rings. The highest BCUT2D eigenvalue weighted by Crippen LogP contribution is 2.31. The van der Waals surface area contributed by atoms with Crippen molar-refractivity contribution < 1.29 is 4.79 Å². The van der Waals surface area contributed by atoms with Crippen molar-refractivity contribution in [1.82, 2.24) is 15.1 Å². The highest BCUT2D eigenvalue weighted by Gasteiger charge is 2.16. The van der Waals surface area contributed by atoms with Crippen LogP contribution in [0, 0.1) is 0 Å². The molecule has 0 spiro atoms. The summed E-state index contributed by atoms with van der Waals surface area (Å²) in [5.74, 6) is -0.142. The minimum atomic E-state index is -0.142. The Bertz CT molecular complexity index is 1050. The van der Waals surface area contributed by atoms with E-state index in [-0.39, 0.29) is 5.91 Å². The first-order chi connectivity index (χ1) is 13.1. The topological polar surface area (TPSA) is 46.9 Å². The van der Waals surface area contributed by atoms with E-state index in [1.807, 2.05) is 72.4 Å². The Kier molecular flexibility index (Phi) is 4.97. The number of nitrogens with zero attached hydrogens (tertiary/aromatic N) is 2. The molecule has 1 aromatic carbocycles. The maximum absolute atomic E-state index is 12.6. The Labute approximate surface area is 166 Å². The van der Waals surface area contributed by atoms with Crippen LogP contribution in [0.25, 0.3) is 21.8 Å². The molecule has 2 aromatic heterocycles. The fourth-order valence-electron chi connectivity index (χ4n) is 2.98. The van der Waals surface area contributed by atoms with Gasteiger partial charge in [-0.05, 0) is 37.1 Å². The Morgan fingerprint density at radius 2 is 2.04 bits per heavy atom. The Hall–Kier alpha value is -2.63. The predicted octanol–water partition coefficient (Wildman–Crippen LogP) is 5.35. The minimum absolute atomic E-state index is 0.142. The number of thiophene rings is 1. The summed E-state index contributed by atoms with van der Waals surface area (Å²) in [6.07, 6.45) is 5.56. The van der Waals surface area contributed by atoms with E-state index in [1.165, 1.54) is 11.3 Å². The van der Waals surface area contributed by atoms with Crippen LogP contribution in [0.1, 0.15) is 22.5 Å². The molecular formula is C21H18ClN3OS. The Balaban J connectivity index is 1.57. The maximum atomic E-state index is 12.6. The molecule has 0 aliphatic heterocycles. The van der Waals surface area contributed by atoms with Crippen molar-refractivity contribution in [3.63, 3.8) is 0 Å². The molecule has 0 saturated carbocycles. The normalized spacial score (nSPS) is 13.9. The van der Waals surface area contributed by atoms with Crippen LogP contribution in [-0.4, -0.2) is 15.7 Å². The van der Waals surface area contributed by atoms with Gasteiger partial charge in [0.1, 0.15) is 0 Å². The number of rotatable bonds is 4. The molecule has 6 heteroatoms. The summed E-state index contributed by atoms with van der Waals surface area (Å²) in [5, 5.41) is 8.21. The zero-order chi connectivity index (χ0) is 18.8. The van der Waals surface area contributed by atoms with Crippen LogP contribution in [0.4, 0.5) is 0 Å². The summed E-state index contributed by atoms with van der Waals surface area (Å²) in [7, 11) is 1.92. The molecule has 1 N–H and O–H groups in total. The van der Waals surface area contributed by atoms with E-state index in [1.54, 1.807) is 0 Å². The number of hydrogen-bond donors (Lipinski definition) is 1. The summed E-state index contributed by atoms with van der Waals surface area (Å²) in [5.41, 5.74) is 3.65. The van der Waals surface area contributed by atoms with Crippen molar-refractivity contribution in [1.29, 1.82) is 0 Å². The van der Waals surface area contributed by atoms with Crippen LogP contribution in [0.3, 0.4) is 0 Å². The second-order valence-corrected chi connectivity index (χ2v) is 7.82. The predicted molar refractivity (Wildman–Crippen MR) is 111 cm³/mol. The molecule has 4 rings (SSSR count). The second-order valence-electron chi connectivity index (χ2n) is 6.28. The largest absolute Gasteiger partial charge is 0.320 e. The van der Waals surface area contributed by atoms with Gasteiger partial charge in [-0.15, -0.1) is 11.3 Å². The van der Waals surface area contributed by atoms with Gasteiger partial charge in [0, 0.05) is 17.6 Å². The van der Waals surface area contributed by atoms with Crippen molar-refractivity contribution in [2.24, 2.45) is 7.05 Å². The van der Waals surface area contributed by atoms with Crippen LogP contribution in [0.2, 0.25) is 0 Å². The molecule has 0 radical (unpaired) electrons. The molecule has 2 heterocycles. The van der Waals surface area contributed by atoms with E-state index in [0.717, 1.165) is 34.7 Å². The number of carbonyl (C=O) groups is 1. The van der Waals surface area contributed by atoms with Gasteiger partial charge in [0.25, 0.3) is 5.91 Å². The minimum Gasteiger partial charge on any atom is -0.320 e. The average Bonchev–Trinajstić information content (AvgIpc) is 3.31. The van der Waals surface area contributed by atoms with Crippen LogP contribution < -0.4 is 5.32 Å². The zero-order valence-corrected chi connectivity index (χ0v) is 16.3. The fourth-order valence-corrected chi connectivity index (χ4v) is 4.14. The molecule has 0 saturated heterocycles. The summed E-state index contributed by atoms with van der Waals surface area (Å²) < 4.78 is 1.85. The lowest BCUT2D eigenvalue weighted by atomic mass is 10.1. The third kappa shape index (κ3) is 3.75. The molecule has 0 bridgehead atoms. The summed E-state index contributed by atoms with van der Waals surface area (Å²) in [6.45, 7) is 0. The van der Waals surface area contributed by atoms with Gasteiger partial charge in [0.05, 0.1) is 26.8 Å². The number of carbonyl (C=O) groups excluding carboxylic acids is 1. The van der Waals surface area contributed by atoms with Gasteiger partial charge in [-0.3, -0.25) is 9.48 Å². The number of aromatic nitrogens is 2. The van der Waals surface area contributed by atoms with Crippen LogP contribution >= 0.6 is 22.9 Å². The fraction of sp³-hybridized carbons (Fsp3) is 0.143. The third-order valence-electron chi connectivity index (χ3n) is 4.39. The maximum Gasteiger partial charge on any atom is 0.265 e. The third-order valence-corrected chi connectivity index (χ3v) is 5.89. The molecule has 27 heavy (non-hydrogen) atoms. The van der Waals surface area contributed by atoms with Crippen molar-refractivity contribution in [2.75, 3.05) is 0 Å². The second kappa shape index (κ2) is 7.55. The average molecular weight is 396 g/mol. The van der Waals surface area contributed by atoms with Crippen LogP contribution in [-0.2, 0) is 7.05 Å². The quantitative estimate of drug-likeness (QED) is 0.647. The van der Waals surface area contributed by atoms with Gasteiger partial charge in [0.2, 0.25) is 0 Å². The van der Waals surface area contributed by atoms with Crippen molar-refractivity contribution in [2.45, 2.75) is 12.8 Å². The van der Waals surface area contributed by atoms with Gasteiger partial charge in [-0.1, -0.05) is 48.0 Å². The van der Waals surface area contributed by atoms with E-state index in [9.17, 15) is 4.79 Å². The van der Waals surface area contributed by atoms with Gasteiger partial charge in [-0.25, -0.2) is 0 Å². The van der Waals surface area contributed by atoms with Gasteiger partial charge in [0.15, 0.2) is 0 Å².